The Labute approximate surface area is 148 Å². The minimum Gasteiger partial charge on any atom is -0.495 e. The molecular weight excluding hydrogens is 316 g/mol. The molecule has 0 radical (unpaired) electrons. The van der Waals surface area contributed by atoms with Crippen molar-refractivity contribution in [3.63, 3.8) is 0 Å². The quantitative estimate of drug-likeness (QED) is 0.863. The second kappa shape index (κ2) is 7.57. The zero-order chi connectivity index (χ0) is 17.8. The summed E-state index contributed by atoms with van der Waals surface area (Å²) >= 11 is 0. The van der Waals surface area contributed by atoms with E-state index in [0.29, 0.717) is 11.5 Å². The van der Waals surface area contributed by atoms with Gasteiger partial charge in [-0.25, -0.2) is 9.97 Å². The molecule has 0 saturated carbocycles. The Balaban J connectivity index is 1.83. The zero-order valence-corrected chi connectivity index (χ0v) is 15.1. The van der Waals surface area contributed by atoms with Crippen molar-refractivity contribution in [2.24, 2.45) is 0 Å². The standard InChI is InChI=1S/C18H26N6O/c1-4-23-7-9-24(10-8-23)18-16(19)17(20-12-21-18)22-14-11-13(2)5-6-15(14)25-3/h5-6,11-12H,4,7-10,19H2,1-3H3,(H,20,21,22). The van der Waals surface area contributed by atoms with Crippen LogP contribution in [0.4, 0.5) is 23.0 Å². The first kappa shape index (κ1) is 17.3. The summed E-state index contributed by atoms with van der Waals surface area (Å²) in [5.41, 5.74) is 8.91. The molecule has 0 amide bonds. The van der Waals surface area contributed by atoms with Crippen molar-refractivity contribution in [2.45, 2.75) is 13.8 Å². The van der Waals surface area contributed by atoms with E-state index in [0.717, 1.165) is 55.5 Å². The van der Waals surface area contributed by atoms with Crippen molar-refractivity contribution in [2.75, 3.05) is 55.8 Å². The summed E-state index contributed by atoms with van der Waals surface area (Å²) in [6.45, 7) is 9.18. The number of likely N-dealkylation sites (N-methyl/N-ethyl adjacent to an activating group) is 1. The molecule has 7 heteroatoms. The molecule has 0 atom stereocenters. The number of benzene rings is 1. The van der Waals surface area contributed by atoms with Crippen molar-refractivity contribution < 1.29 is 4.74 Å². The third-order valence-corrected chi connectivity index (χ3v) is 4.59. The lowest BCUT2D eigenvalue weighted by Gasteiger charge is -2.35. The number of nitrogens with two attached hydrogens (primary N) is 1. The van der Waals surface area contributed by atoms with Crippen molar-refractivity contribution in [3.05, 3.63) is 30.1 Å². The molecule has 25 heavy (non-hydrogen) atoms. The molecule has 1 aromatic heterocycles. The number of hydrogen-bond donors (Lipinski definition) is 2. The van der Waals surface area contributed by atoms with Gasteiger partial charge >= 0.3 is 0 Å². The minimum absolute atomic E-state index is 0.566. The number of piperazine rings is 1. The normalized spacial score (nSPS) is 15.2. The zero-order valence-electron chi connectivity index (χ0n) is 15.1. The molecule has 1 aliphatic rings. The lowest BCUT2D eigenvalue weighted by atomic mass is 10.2. The van der Waals surface area contributed by atoms with Crippen molar-refractivity contribution in [3.8, 4) is 5.75 Å². The minimum atomic E-state index is 0.566. The summed E-state index contributed by atoms with van der Waals surface area (Å²) in [6.07, 6.45) is 1.56. The van der Waals surface area contributed by atoms with E-state index in [2.05, 4.69) is 32.0 Å². The fourth-order valence-corrected chi connectivity index (χ4v) is 3.06. The maximum atomic E-state index is 6.38. The van der Waals surface area contributed by atoms with Crippen LogP contribution in [0.3, 0.4) is 0 Å². The van der Waals surface area contributed by atoms with E-state index in [-0.39, 0.29) is 0 Å². The summed E-state index contributed by atoms with van der Waals surface area (Å²) in [6, 6.07) is 5.95. The molecule has 1 aliphatic heterocycles. The van der Waals surface area contributed by atoms with Crippen molar-refractivity contribution in [1.82, 2.24) is 14.9 Å². The van der Waals surface area contributed by atoms with E-state index in [1.807, 2.05) is 25.1 Å². The van der Waals surface area contributed by atoms with Crippen LogP contribution in [-0.2, 0) is 0 Å². The summed E-state index contributed by atoms with van der Waals surface area (Å²) in [5, 5.41) is 3.29. The second-order valence-corrected chi connectivity index (χ2v) is 6.21. The molecule has 134 valence electrons. The summed E-state index contributed by atoms with van der Waals surface area (Å²) in [4.78, 5) is 13.4. The van der Waals surface area contributed by atoms with Crippen LogP contribution in [0.5, 0.6) is 5.75 Å². The maximum absolute atomic E-state index is 6.38. The Morgan fingerprint density at radius 2 is 1.96 bits per heavy atom. The first-order chi connectivity index (χ1) is 12.1. The molecule has 2 heterocycles. The number of nitrogen functional groups attached to an aromatic ring is 1. The highest BCUT2D eigenvalue weighted by atomic mass is 16.5. The molecule has 7 nitrogen and oxygen atoms in total. The van der Waals surface area contributed by atoms with Gasteiger partial charge in [0.25, 0.3) is 0 Å². The van der Waals surface area contributed by atoms with Gasteiger partial charge in [-0.15, -0.1) is 0 Å². The highest BCUT2D eigenvalue weighted by Gasteiger charge is 2.20. The van der Waals surface area contributed by atoms with Gasteiger partial charge in [0.2, 0.25) is 0 Å². The topological polar surface area (TPSA) is 79.5 Å². The van der Waals surface area contributed by atoms with Crippen LogP contribution in [0, 0.1) is 6.92 Å². The predicted octanol–water partition coefficient (Wildman–Crippen LogP) is 2.26. The molecule has 1 fully saturated rings. The first-order valence-corrected chi connectivity index (χ1v) is 8.61. The van der Waals surface area contributed by atoms with Gasteiger partial charge in [0, 0.05) is 26.2 Å². The Morgan fingerprint density at radius 3 is 2.64 bits per heavy atom. The average molecular weight is 342 g/mol. The van der Waals surface area contributed by atoms with Gasteiger partial charge < -0.3 is 25.6 Å². The van der Waals surface area contributed by atoms with Gasteiger partial charge in [-0.05, 0) is 31.2 Å². The lowest BCUT2D eigenvalue weighted by Crippen LogP contribution is -2.46. The van der Waals surface area contributed by atoms with E-state index in [9.17, 15) is 0 Å². The second-order valence-electron chi connectivity index (χ2n) is 6.21. The van der Waals surface area contributed by atoms with Crippen LogP contribution < -0.4 is 20.7 Å². The Hall–Kier alpha value is -2.54. The van der Waals surface area contributed by atoms with E-state index < -0.39 is 0 Å². The molecule has 0 spiro atoms. The van der Waals surface area contributed by atoms with Crippen LogP contribution in [0.25, 0.3) is 0 Å². The number of anilines is 4. The van der Waals surface area contributed by atoms with Gasteiger partial charge in [-0.3, -0.25) is 0 Å². The number of aromatic nitrogens is 2. The lowest BCUT2D eigenvalue weighted by molar-refractivity contribution is 0.270. The van der Waals surface area contributed by atoms with Gasteiger partial charge in [0.1, 0.15) is 17.8 Å². The van der Waals surface area contributed by atoms with Gasteiger partial charge in [0.05, 0.1) is 12.8 Å². The third-order valence-electron chi connectivity index (χ3n) is 4.59. The van der Waals surface area contributed by atoms with Crippen molar-refractivity contribution in [1.29, 1.82) is 0 Å². The molecule has 3 rings (SSSR count). The van der Waals surface area contributed by atoms with Crippen LogP contribution in [0.1, 0.15) is 12.5 Å². The SMILES string of the molecule is CCN1CCN(c2ncnc(Nc3cc(C)ccc3OC)c2N)CC1. The number of rotatable bonds is 5. The highest BCUT2D eigenvalue weighted by Crippen LogP contribution is 2.33. The van der Waals surface area contributed by atoms with Gasteiger partial charge in [-0.2, -0.15) is 0 Å². The van der Waals surface area contributed by atoms with E-state index in [4.69, 9.17) is 10.5 Å². The monoisotopic (exact) mass is 342 g/mol. The number of nitrogens with zero attached hydrogens (tertiary/aromatic N) is 4. The van der Waals surface area contributed by atoms with Gasteiger partial charge in [0.15, 0.2) is 11.6 Å². The highest BCUT2D eigenvalue weighted by molar-refractivity contribution is 5.80. The van der Waals surface area contributed by atoms with Crippen molar-refractivity contribution >= 4 is 23.0 Å². The number of nitrogens with one attached hydrogen (secondary N) is 1. The number of aryl methyl sites for hydroxylation is 1. The predicted molar refractivity (Wildman–Crippen MR) is 102 cm³/mol. The third kappa shape index (κ3) is 3.76. The van der Waals surface area contributed by atoms with E-state index in [1.165, 1.54) is 0 Å². The summed E-state index contributed by atoms with van der Waals surface area (Å²) in [7, 11) is 1.65. The average Bonchev–Trinajstić information content (AvgIpc) is 2.64. The van der Waals surface area contributed by atoms with E-state index >= 15 is 0 Å². The molecule has 0 unspecified atom stereocenters. The summed E-state index contributed by atoms with van der Waals surface area (Å²) < 4.78 is 5.42. The van der Waals surface area contributed by atoms with Gasteiger partial charge in [-0.1, -0.05) is 13.0 Å². The smallest absolute Gasteiger partial charge is 0.159 e. The number of hydrogen-bond acceptors (Lipinski definition) is 7. The Morgan fingerprint density at radius 1 is 1.20 bits per heavy atom. The fourth-order valence-electron chi connectivity index (χ4n) is 3.06. The fraction of sp³-hybridized carbons (Fsp3) is 0.444. The molecule has 1 aromatic carbocycles. The first-order valence-electron chi connectivity index (χ1n) is 8.61. The number of methoxy groups -OCH3 is 1. The Bertz CT molecular complexity index is 728. The largest absolute Gasteiger partial charge is 0.495 e. The molecule has 0 aliphatic carbocycles. The maximum Gasteiger partial charge on any atom is 0.159 e. The van der Waals surface area contributed by atoms with Crippen LogP contribution >= 0.6 is 0 Å². The molecule has 0 bridgehead atoms. The molecule has 3 N–H and O–H groups in total. The van der Waals surface area contributed by atoms with Crippen LogP contribution in [0.2, 0.25) is 0 Å². The van der Waals surface area contributed by atoms with Crippen LogP contribution in [-0.4, -0.2) is 54.7 Å². The Kier molecular flexibility index (Phi) is 5.23. The van der Waals surface area contributed by atoms with E-state index in [1.54, 1.807) is 13.4 Å². The van der Waals surface area contributed by atoms with Crippen LogP contribution in [0.15, 0.2) is 24.5 Å². The molecular formula is C18H26N6O. The summed E-state index contributed by atoms with van der Waals surface area (Å²) in [5.74, 6) is 2.15. The molecule has 1 saturated heterocycles. The number of ether oxygens (including phenoxy) is 1. The molecule has 2 aromatic rings.